The van der Waals surface area contributed by atoms with E-state index in [9.17, 15) is 4.39 Å². The molecule has 3 rings (SSSR count). The molecule has 2 aromatic heterocycles. The van der Waals surface area contributed by atoms with Crippen LogP contribution in [0.25, 0.3) is 16.9 Å². The van der Waals surface area contributed by atoms with Gasteiger partial charge >= 0.3 is 0 Å². The minimum absolute atomic E-state index is 0.334. The Bertz CT molecular complexity index is 749. The maximum Gasteiger partial charge on any atom is 0.137 e. The second kappa shape index (κ2) is 4.39. The second-order valence-electron chi connectivity index (χ2n) is 4.42. The molecule has 0 aliphatic carbocycles. The van der Waals surface area contributed by atoms with Crippen LogP contribution >= 0.6 is 0 Å². The van der Waals surface area contributed by atoms with Crippen LogP contribution in [0.2, 0.25) is 0 Å². The number of rotatable bonds is 2. The van der Waals surface area contributed by atoms with Gasteiger partial charge < -0.3 is 9.14 Å². The van der Waals surface area contributed by atoms with Crippen molar-refractivity contribution in [3.8, 4) is 17.0 Å². The molecule has 0 saturated heterocycles. The number of methoxy groups -OCH3 is 1. The highest BCUT2D eigenvalue weighted by Gasteiger charge is 2.14. The topological polar surface area (TPSA) is 26.5 Å². The zero-order valence-corrected chi connectivity index (χ0v) is 10.7. The summed E-state index contributed by atoms with van der Waals surface area (Å²) in [5.74, 6) is 0.152. The molecule has 0 atom stereocenters. The minimum Gasteiger partial charge on any atom is -0.496 e. The number of nitrogens with zero attached hydrogens (tertiary/aromatic N) is 2. The van der Waals surface area contributed by atoms with Crippen molar-refractivity contribution >= 4 is 5.65 Å². The lowest BCUT2D eigenvalue weighted by Crippen LogP contribution is -1.91. The van der Waals surface area contributed by atoms with Gasteiger partial charge in [-0.1, -0.05) is 12.1 Å². The molecule has 0 aliphatic heterocycles. The summed E-state index contributed by atoms with van der Waals surface area (Å²) in [5, 5.41) is 0. The summed E-state index contributed by atoms with van der Waals surface area (Å²) in [6, 6.07) is 8.65. The third-order valence-corrected chi connectivity index (χ3v) is 3.05. The van der Waals surface area contributed by atoms with E-state index in [1.807, 2.05) is 35.9 Å². The van der Waals surface area contributed by atoms with Gasteiger partial charge in [-0.3, -0.25) is 0 Å². The van der Waals surface area contributed by atoms with E-state index >= 15 is 0 Å². The number of halogens is 1. The average molecular weight is 256 g/mol. The number of fused-ring (bicyclic) bond motifs is 1. The predicted octanol–water partition coefficient (Wildman–Crippen LogP) is 3.46. The van der Waals surface area contributed by atoms with Crippen molar-refractivity contribution in [1.82, 2.24) is 9.38 Å². The number of ether oxygens (including phenoxy) is 1. The van der Waals surface area contributed by atoms with E-state index in [1.54, 1.807) is 12.1 Å². The smallest absolute Gasteiger partial charge is 0.137 e. The molecule has 4 heteroatoms. The molecule has 0 fully saturated rings. The lowest BCUT2D eigenvalue weighted by molar-refractivity contribution is 0.413. The Balaban J connectivity index is 2.24. The summed E-state index contributed by atoms with van der Waals surface area (Å²) in [7, 11) is 1.53. The van der Waals surface area contributed by atoms with Crippen LogP contribution in [-0.4, -0.2) is 16.5 Å². The molecule has 0 spiro atoms. The molecule has 19 heavy (non-hydrogen) atoms. The van der Waals surface area contributed by atoms with Gasteiger partial charge in [0.25, 0.3) is 0 Å². The van der Waals surface area contributed by atoms with Gasteiger partial charge in [0.2, 0.25) is 0 Å². The van der Waals surface area contributed by atoms with Crippen molar-refractivity contribution in [1.29, 1.82) is 0 Å². The van der Waals surface area contributed by atoms with Crippen LogP contribution in [0.5, 0.6) is 5.75 Å². The SMILES string of the molecule is COc1cccc(F)c1-c1cn2cc(C)ccc2n1. The fourth-order valence-electron chi connectivity index (χ4n) is 2.15. The van der Waals surface area contributed by atoms with Crippen LogP contribution in [0, 0.1) is 12.7 Å². The number of aryl methyl sites for hydroxylation is 1. The Hall–Kier alpha value is -2.36. The van der Waals surface area contributed by atoms with E-state index < -0.39 is 0 Å². The van der Waals surface area contributed by atoms with Gasteiger partial charge in [-0.2, -0.15) is 0 Å². The molecule has 0 N–H and O–H groups in total. The third kappa shape index (κ3) is 1.95. The molecule has 3 nitrogen and oxygen atoms in total. The van der Waals surface area contributed by atoms with Crippen molar-refractivity contribution < 1.29 is 9.13 Å². The molecule has 3 aromatic rings. The standard InChI is InChI=1S/C15H13FN2O/c1-10-6-7-14-17-12(9-18(14)8-10)15-11(16)4-3-5-13(15)19-2/h3-9H,1-2H3. The number of benzene rings is 1. The van der Waals surface area contributed by atoms with Crippen molar-refractivity contribution in [3.05, 3.63) is 54.1 Å². The number of hydrogen-bond acceptors (Lipinski definition) is 2. The monoisotopic (exact) mass is 256 g/mol. The third-order valence-electron chi connectivity index (χ3n) is 3.05. The van der Waals surface area contributed by atoms with Crippen molar-refractivity contribution in [2.75, 3.05) is 7.11 Å². The van der Waals surface area contributed by atoms with E-state index in [2.05, 4.69) is 4.98 Å². The van der Waals surface area contributed by atoms with Crippen LogP contribution in [0.4, 0.5) is 4.39 Å². The maximum atomic E-state index is 14.0. The Morgan fingerprint density at radius 2 is 2.00 bits per heavy atom. The largest absolute Gasteiger partial charge is 0.496 e. The Labute approximate surface area is 110 Å². The zero-order valence-electron chi connectivity index (χ0n) is 10.7. The molecular weight excluding hydrogens is 243 g/mol. The molecular formula is C15H13FN2O. The first kappa shape index (κ1) is 11.7. The van der Waals surface area contributed by atoms with Gasteiger partial charge in [0.1, 0.15) is 17.2 Å². The quantitative estimate of drug-likeness (QED) is 0.702. The number of imidazole rings is 1. The molecule has 0 saturated carbocycles. The van der Waals surface area contributed by atoms with Crippen LogP contribution in [0.15, 0.2) is 42.7 Å². The maximum absolute atomic E-state index is 14.0. The highest BCUT2D eigenvalue weighted by molar-refractivity contribution is 5.69. The number of pyridine rings is 1. The number of hydrogen-bond donors (Lipinski definition) is 0. The summed E-state index contributed by atoms with van der Waals surface area (Å²) < 4.78 is 21.1. The molecule has 96 valence electrons. The van der Waals surface area contributed by atoms with Crippen LogP contribution in [-0.2, 0) is 0 Å². The highest BCUT2D eigenvalue weighted by atomic mass is 19.1. The van der Waals surface area contributed by atoms with E-state index in [-0.39, 0.29) is 5.82 Å². The van der Waals surface area contributed by atoms with Gasteiger partial charge in [0.15, 0.2) is 0 Å². The van der Waals surface area contributed by atoms with Gasteiger partial charge in [-0.15, -0.1) is 0 Å². The fraction of sp³-hybridized carbons (Fsp3) is 0.133. The highest BCUT2D eigenvalue weighted by Crippen LogP contribution is 2.31. The van der Waals surface area contributed by atoms with Crippen LogP contribution in [0.1, 0.15) is 5.56 Å². The zero-order chi connectivity index (χ0) is 13.4. The van der Waals surface area contributed by atoms with E-state index in [0.717, 1.165) is 11.2 Å². The fourth-order valence-corrected chi connectivity index (χ4v) is 2.15. The molecule has 0 amide bonds. The van der Waals surface area contributed by atoms with Gasteiger partial charge in [0.05, 0.1) is 18.4 Å². The average Bonchev–Trinajstić information content (AvgIpc) is 2.80. The first-order valence-electron chi connectivity index (χ1n) is 5.97. The first-order valence-corrected chi connectivity index (χ1v) is 5.97. The van der Waals surface area contributed by atoms with E-state index in [0.29, 0.717) is 17.0 Å². The normalized spacial score (nSPS) is 10.9. The van der Waals surface area contributed by atoms with Gasteiger partial charge in [-0.25, -0.2) is 9.37 Å². The van der Waals surface area contributed by atoms with Crippen molar-refractivity contribution in [2.45, 2.75) is 6.92 Å². The van der Waals surface area contributed by atoms with Crippen molar-refractivity contribution in [3.63, 3.8) is 0 Å². The second-order valence-corrected chi connectivity index (χ2v) is 4.42. The molecule has 0 unspecified atom stereocenters. The van der Waals surface area contributed by atoms with E-state index in [4.69, 9.17) is 4.74 Å². The summed E-state index contributed by atoms with van der Waals surface area (Å²) in [5.41, 5.74) is 2.87. The predicted molar refractivity (Wildman–Crippen MR) is 71.9 cm³/mol. The molecule has 1 aromatic carbocycles. The summed E-state index contributed by atoms with van der Waals surface area (Å²) >= 11 is 0. The lowest BCUT2D eigenvalue weighted by Gasteiger charge is -2.06. The summed E-state index contributed by atoms with van der Waals surface area (Å²) in [6.45, 7) is 2.00. The number of aromatic nitrogens is 2. The minimum atomic E-state index is -0.334. The first-order chi connectivity index (χ1) is 9.19. The van der Waals surface area contributed by atoms with Gasteiger partial charge in [0, 0.05) is 12.4 Å². The molecule has 2 heterocycles. The Kier molecular flexibility index (Phi) is 2.71. The lowest BCUT2D eigenvalue weighted by atomic mass is 10.1. The van der Waals surface area contributed by atoms with Gasteiger partial charge in [-0.05, 0) is 30.7 Å². The molecule has 0 bridgehead atoms. The summed E-state index contributed by atoms with van der Waals surface area (Å²) in [4.78, 5) is 4.44. The van der Waals surface area contributed by atoms with Crippen molar-refractivity contribution in [2.24, 2.45) is 0 Å². The Morgan fingerprint density at radius 1 is 1.16 bits per heavy atom. The summed E-state index contributed by atoms with van der Waals surface area (Å²) in [6.07, 6.45) is 3.77. The molecule has 0 radical (unpaired) electrons. The van der Waals surface area contributed by atoms with Crippen LogP contribution in [0.3, 0.4) is 0 Å². The van der Waals surface area contributed by atoms with Crippen LogP contribution < -0.4 is 4.74 Å². The Morgan fingerprint density at radius 3 is 2.79 bits per heavy atom. The molecule has 0 aliphatic rings. The van der Waals surface area contributed by atoms with E-state index in [1.165, 1.54) is 13.2 Å².